The number of ether oxygens (including phenoxy) is 1. The van der Waals surface area contributed by atoms with Crippen LogP contribution < -0.4 is 5.32 Å². The Balaban J connectivity index is 1.66. The van der Waals surface area contributed by atoms with Crippen molar-refractivity contribution in [3.8, 4) is 0 Å². The fourth-order valence-corrected chi connectivity index (χ4v) is 2.73. The summed E-state index contributed by atoms with van der Waals surface area (Å²) in [5.41, 5.74) is 0. The van der Waals surface area contributed by atoms with Gasteiger partial charge in [0.2, 0.25) is 0 Å². The third-order valence-electron chi connectivity index (χ3n) is 2.57. The van der Waals surface area contributed by atoms with Gasteiger partial charge < -0.3 is 10.1 Å². The van der Waals surface area contributed by atoms with E-state index in [2.05, 4.69) is 17.2 Å². The molecule has 1 N–H and O–H groups in total. The van der Waals surface area contributed by atoms with Gasteiger partial charge in [0.25, 0.3) is 0 Å². The second kappa shape index (κ2) is 5.03. The van der Waals surface area contributed by atoms with Gasteiger partial charge in [-0.2, -0.15) is 0 Å². The summed E-state index contributed by atoms with van der Waals surface area (Å²) in [7, 11) is 0. The highest BCUT2D eigenvalue weighted by Gasteiger charge is 2.17. The third kappa shape index (κ3) is 2.89. The minimum absolute atomic E-state index is 0.475. The highest BCUT2D eigenvalue weighted by Crippen LogP contribution is 2.16. The Morgan fingerprint density at radius 2 is 2.57 bits per heavy atom. The van der Waals surface area contributed by atoms with Crippen molar-refractivity contribution in [2.24, 2.45) is 4.99 Å². The van der Waals surface area contributed by atoms with Crippen LogP contribution in [0.4, 0.5) is 0 Å². The molecule has 0 bridgehead atoms. The van der Waals surface area contributed by atoms with Crippen molar-refractivity contribution in [3.05, 3.63) is 0 Å². The van der Waals surface area contributed by atoms with E-state index in [4.69, 9.17) is 4.74 Å². The molecule has 0 aromatic rings. The minimum Gasteiger partial charge on any atom is -0.378 e. The average Bonchev–Trinajstić information content (AvgIpc) is 2.77. The van der Waals surface area contributed by atoms with Crippen molar-refractivity contribution in [1.82, 2.24) is 5.32 Å². The lowest BCUT2D eigenvalue weighted by Crippen LogP contribution is -2.23. The van der Waals surface area contributed by atoms with Gasteiger partial charge in [-0.1, -0.05) is 11.8 Å². The first kappa shape index (κ1) is 10.3. The SMILES string of the molecule is CC1CSC(=NCCC2CCCO2)N1. The Morgan fingerprint density at radius 3 is 3.21 bits per heavy atom. The van der Waals surface area contributed by atoms with E-state index >= 15 is 0 Å². The van der Waals surface area contributed by atoms with Gasteiger partial charge in [0.15, 0.2) is 5.17 Å². The summed E-state index contributed by atoms with van der Waals surface area (Å²) >= 11 is 1.83. The summed E-state index contributed by atoms with van der Waals surface area (Å²) in [4.78, 5) is 4.53. The normalized spacial score (nSPS) is 35.1. The Hall–Kier alpha value is -0.220. The maximum absolute atomic E-state index is 5.54. The molecule has 3 nitrogen and oxygen atoms in total. The van der Waals surface area contributed by atoms with Crippen LogP contribution in [0.5, 0.6) is 0 Å². The molecule has 0 radical (unpaired) electrons. The lowest BCUT2D eigenvalue weighted by Gasteiger charge is -2.06. The molecule has 2 aliphatic rings. The lowest BCUT2D eigenvalue weighted by atomic mass is 10.2. The van der Waals surface area contributed by atoms with E-state index in [0.29, 0.717) is 12.1 Å². The number of amidine groups is 1. The highest BCUT2D eigenvalue weighted by atomic mass is 32.2. The predicted molar refractivity (Wildman–Crippen MR) is 60.9 cm³/mol. The summed E-state index contributed by atoms with van der Waals surface area (Å²) < 4.78 is 5.54. The van der Waals surface area contributed by atoms with Crippen LogP contribution in [0.2, 0.25) is 0 Å². The Kier molecular flexibility index (Phi) is 3.70. The van der Waals surface area contributed by atoms with E-state index in [1.54, 1.807) is 0 Å². The number of nitrogens with one attached hydrogen (secondary N) is 1. The molecule has 2 heterocycles. The Morgan fingerprint density at radius 1 is 1.64 bits per heavy atom. The van der Waals surface area contributed by atoms with Gasteiger partial charge in [-0.05, 0) is 26.2 Å². The van der Waals surface area contributed by atoms with E-state index in [0.717, 1.165) is 30.5 Å². The number of rotatable bonds is 3. The van der Waals surface area contributed by atoms with Gasteiger partial charge in [0.05, 0.1) is 6.10 Å². The zero-order chi connectivity index (χ0) is 9.80. The minimum atomic E-state index is 0.475. The molecule has 2 unspecified atom stereocenters. The largest absolute Gasteiger partial charge is 0.378 e. The van der Waals surface area contributed by atoms with Crippen LogP contribution in [-0.2, 0) is 4.74 Å². The van der Waals surface area contributed by atoms with Gasteiger partial charge in [0.1, 0.15) is 0 Å². The van der Waals surface area contributed by atoms with Crippen molar-refractivity contribution < 1.29 is 4.74 Å². The summed E-state index contributed by atoms with van der Waals surface area (Å²) in [6.07, 6.45) is 4.01. The molecule has 4 heteroatoms. The van der Waals surface area contributed by atoms with Crippen molar-refractivity contribution in [2.45, 2.75) is 38.3 Å². The van der Waals surface area contributed by atoms with Crippen LogP contribution in [0.15, 0.2) is 4.99 Å². The number of nitrogens with zero attached hydrogens (tertiary/aromatic N) is 1. The first-order valence-corrected chi connectivity index (χ1v) is 6.38. The second-order valence-corrected chi connectivity index (χ2v) is 4.98. The molecule has 2 rings (SSSR count). The number of aliphatic imine (C=N–C) groups is 1. The molecule has 14 heavy (non-hydrogen) atoms. The van der Waals surface area contributed by atoms with Crippen molar-refractivity contribution in [3.63, 3.8) is 0 Å². The first-order chi connectivity index (χ1) is 6.84. The summed E-state index contributed by atoms with van der Waals surface area (Å²) in [6.45, 7) is 4.05. The molecule has 0 aliphatic carbocycles. The fraction of sp³-hybridized carbons (Fsp3) is 0.900. The van der Waals surface area contributed by atoms with Crippen molar-refractivity contribution in [1.29, 1.82) is 0 Å². The standard InChI is InChI=1S/C10H18N2OS/c1-8-7-14-10(12-8)11-5-4-9-3-2-6-13-9/h8-9H,2-7H2,1H3,(H,11,12). The number of hydrogen-bond donors (Lipinski definition) is 1. The van der Waals surface area contributed by atoms with Crippen LogP contribution in [0.1, 0.15) is 26.2 Å². The highest BCUT2D eigenvalue weighted by molar-refractivity contribution is 8.14. The van der Waals surface area contributed by atoms with E-state index in [1.165, 1.54) is 12.8 Å². The number of thioether (sulfide) groups is 1. The summed E-state index contributed by atoms with van der Waals surface area (Å²) in [5.74, 6) is 1.15. The molecule has 0 saturated carbocycles. The average molecular weight is 214 g/mol. The summed E-state index contributed by atoms with van der Waals surface area (Å²) in [5, 5.41) is 4.47. The van der Waals surface area contributed by atoms with Crippen molar-refractivity contribution >= 4 is 16.9 Å². The molecule has 2 aliphatic heterocycles. The van der Waals surface area contributed by atoms with Gasteiger partial charge in [-0.25, -0.2) is 0 Å². The third-order valence-corrected chi connectivity index (χ3v) is 3.76. The fourth-order valence-electron chi connectivity index (χ4n) is 1.77. The molecule has 2 atom stereocenters. The van der Waals surface area contributed by atoms with Crippen LogP contribution in [-0.4, -0.2) is 36.2 Å². The molecular weight excluding hydrogens is 196 g/mol. The van der Waals surface area contributed by atoms with Gasteiger partial charge in [0, 0.05) is 24.9 Å². The van der Waals surface area contributed by atoms with Crippen LogP contribution in [0.3, 0.4) is 0 Å². The van der Waals surface area contributed by atoms with Gasteiger partial charge >= 0.3 is 0 Å². The Labute approximate surface area is 89.7 Å². The molecule has 0 aromatic carbocycles. The van der Waals surface area contributed by atoms with Crippen LogP contribution >= 0.6 is 11.8 Å². The second-order valence-electron chi connectivity index (χ2n) is 3.97. The molecule has 0 spiro atoms. The van der Waals surface area contributed by atoms with Crippen LogP contribution in [0.25, 0.3) is 0 Å². The smallest absolute Gasteiger partial charge is 0.156 e. The molecule has 80 valence electrons. The van der Waals surface area contributed by atoms with Crippen molar-refractivity contribution in [2.75, 3.05) is 18.9 Å². The zero-order valence-corrected chi connectivity index (χ0v) is 9.48. The van der Waals surface area contributed by atoms with Crippen LogP contribution in [0, 0.1) is 0 Å². The maximum Gasteiger partial charge on any atom is 0.156 e. The lowest BCUT2D eigenvalue weighted by molar-refractivity contribution is 0.106. The molecular formula is C10H18N2OS. The Bertz CT molecular complexity index is 214. The number of hydrogen-bond acceptors (Lipinski definition) is 3. The molecule has 0 aromatic heterocycles. The van der Waals surface area contributed by atoms with E-state index in [-0.39, 0.29) is 0 Å². The van der Waals surface area contributed by atoms with E-state index < -0.39 is 0 Å². The van der Waals surface area contributed by atoms with Gasteiger partial charge in [-0.3, -0.25) is 4.99 Å². The monoisotopic (exact) mass is 214 g/mol. The maximum atomic E-state index is 5.54. The van der Waals surface area contributed by atoms with E-state index in [1.807, 2.05) is 11.8 Å². The topological polar surface area (TPSA) is 33.6 Å². The molecule has 2 fully saturated rings. The van der Waals surface area contributed by atoms with Gasteiger partial charge in [-0.15, -0.1) is 0 Å². The first-order valence-electron chi connectivity index (χ1n) is 5.40. The van der Waals surface area contributed by atoms with E-state index in [9.17, 15) is 0 Å². The quantitative estimate of drug-likeness (QED) is 0.775. The molecule has 2 saturated heterocycles. The summed E-state index contributed by atoms with van der Waals surface area (Å²) in [6, 6.07) is 0.585. The zero-order valence-electron chi connectivity index (χ0n) is 8.66. The molecule has 0 amide bonds. The predicted octanol–water partition coefficient (Wildman–Crippen LogP) is 1.64.